The smallest absolute Gasteiger partial charge is 0.233 e. The first kappa shape index (κ1) is 16.7. The molecule has 2 N–H and O–H groups in total. The van der Waals surface area contributed by atoms with Crippen LogP contribution in [0.25, 0.3) is 0 Å². The van der Waals surface area contributed by atoms with Crippen LogP contribution in [0.3, 0.4) is 0 Å². The number of likely N-dealkylation sites (N-methyl/N-ethyl adjacent to an activating group) is 1. The van der Waals surface area contributed by atoms with Gasteiger partial charge < -0.3 is 10.6 Å². The van der Waals surface area contributed by atoms with E-state index >= 15 is 0 Å². The summed E-state index contributed by atoms with van der Waals surface area (Å²) in [6, 6.07) is 0. The zero-order chi connectivity index (χ0) is 11.8. The maximum atomic E-state index is 11.4. The number of carbonyl (C=O) groups is 1. The highest BCUT2D eigenvalue weighted by atomic mass is 35.5. The van der Waals surface area contributed by atoms with Crippen molar-refractivity contribution in [1.29, 1.82) is 0 Å². The molecule has 0 aromatic carbocycles. The third-order valence-electron chi connectivity index (χ3n) is 3.16. The number of piperidine rings is 1. The van der Waals surface area contributed by atoms with Gasteiger partial charge in [0.25, 0.3) is 0 Å². The second kappa shape index (κ2) is 9.68. The lowest BCUT2D eigenvalue weighted by Gasteiger charge is -2.29. The summed E-state index contributed by atoms with van der Waals surface area (Å²) in [5.74, 6) is 0.889. The van der Waals surface area contributed by atoms with Crippen LogP contribution in [0.1, 0.15) is 26.2 Å². The minimum atomic E-state index is 0. The van der Waals surface area contributed by atoms with Crippen LogP contribution in [-0.2, 0) is 4.79 Å². The SMILES string of the molecule is CCCN(CC(=O)NC)CC1CCNCC1.Cl. The van der Waals surface area contributed by atoms with Gasteiger partial charge in [0.2, 0.25) is 5.91 Å². The molecular weight excluding hydrogens is 238 g/mol. The van der Waals surface area contributed by atoms with Crippen LogP contribution < -0.4 is 10.6 Å². The minimum Gasteiger partial charge on any atom is -0.358 e. The highest BCUT2D eigenvalue weighted by molar-refractivity contribution is 5.85. The van der Waals surface area contributed by atoms with E-state index in [1.54, 1.807) is 7.05 Å². The number of halogens is 1. The van der Waals surface area contributed by atoms with Crippen molar-refractivity contribution in [2.75, 3.05) is 39.8 Å². The van der Waals surface area contributed by atoms with E-state index in [4.69, 9.17) is 0 Å². The van der Waals surface area contributed by atoms with E-state index in [1.165, 1.54) is 12.8 Å². The number of hydrogen-bond donors (Lipinski definition) is 2. The maximum absolute atomic E-state index is 11.4. The molecule has 0 bridgehead atoms. The fraction of sp³-hybridized carbons (Fsp3) is 0.917. The molecule has 102 valence electrons. The average molecular weight is 264 g/mol. The van der Waals surface area contributed by atoms with Crippen molar-refractivity contribution in [3.05, 3.63) is 0 Å². The van der Waals surface area contributed by atoms with Crippen molar-refractivity contribution < 1.29 is 4.79 Å². The Balaban J connectivity index is 0.00000256. The highest BCUT2D eigenvalue weighted by Crippen LogP contribution is 2.13. The molecule has 0 atom stereocenters. The summed E-state index contributed by atoms with van der Waals surface area (Å²) in [4.78, 5) is 13.7. The van der Waals surface area contributed by atoms with E-state index < -0.39 is 0 Å². The first-order valence-electron chi connectivity index (χ1n) is 6.40. The molecule has 5 heteroatoms. The Hall–Kier alpha value is -0.320. The molecule has 17 heavy (non-hydrogen) atoms. The molecule has 1 amide bonds. The minimum absolute atomic E-state index is 0. The molecule has 1 rings (SSSR count). The van der Waals surface area contributed by atoms with Gasteiger partial charge in [0.15, 0.2) is 0 Å². The van der Waals surface area contributed by atoms with Crippen LogP contribution in [0.15, 0.2) is 0 Å². The van der Waals surface area contributed by atoms with E-state index in [0.29, 0.717) is 6.54 Å². The lowest BCUT2D eigenvalue weighted by molar-refractivity contribution is -0.121. The third-order valence-corrected chi connectivity index (χ3v) is 3.16. The molecule has 0 aromatic heterocycles. The normalized spacial score (nSPS) is 16.6. The first-order valence-corrected chi connectivity index (χ1v) is 6.40. The van der Waals surface area contributed by atoms with Gasteiger partial charge in [0.05, 0.1) is 6.54 Å². The Labute approximate surface area is 111 Å². The molecule has 0 saturated carbocycles. The van der Waals surface area contributed by atoms with Crippen LogP contribution in [0.2, 0.25) is 0 Å². The standard InChI is InChI=1S/C12H25N3O.ClH/c1-3-8-15(10-12(16)13-2)9-11-4-6-14-7-5-11;/h11,14H,3-10H2,1-2H3,(H,13,16);1H. The predicted octanol–water partition coefficient (Wildman–Crippen LogP) is 0.866. The summed E-state index contributed by atoms with van der Waals surface area (Å²) in [6.45, 7) is 7.07. The van der Waals surface area contributed by atoms with Crippen molar-refractivity contribution in [3.63, 3.8) is 0 Å². The van der Waals surface area contributed by atoms with E-state index in [2.05, 4.69) is 22.5 Å². The van der Waals surface area contributed by atoms with Gasteiger partial charge in [-0.25, -0.2) is 0 Å². The third kappa shape index (κ3) is 6.86. The number of amides is 1. The largest absolute Gasteiger partial charge is 0.358 e. The Kier molecular flexibility index (Phi) is 9.50. The summed E-state index contributed by atoms with van der Waals surface area (Å²) in [5.41, 5.74) is 0. The second-order valence-electron chi connectivity index (χ2n) is 4.60. The number of carbonyl (C=O) groups excluding carboxylic acids is 1. The second-order valence-corrected chi connectivity index (χ2v) is 4.60. The average Bonchev–Trinajstić information content (AvgIpc) is 2.30. The Morgan fingerprint density at radius 2 is 2.06 bits per heavy atom. The quantitative estimate of drug-likeness (QED) is 0.747. The molecular formula is C12H26ClN3O. The van der Waals surface area contributed by atoms with Crippen molar-refractivity contribution in [2.24, 2.45) is 5.92 Å². The molecule has 1 aliphatic rings. The molecule has 0 unspecified atom stereocenters. The molecule has 1 saturated heterocycles. The number of nitrogens with one attached hydrogen (secondary N) is 2. The number of nitrogens with zero attached hydrogens (tertiary/aromatic N) is 1. The summed E-state index contributed by atoms with van der Waals surface area (Å²) in [6.07, 6.45) is 3.60. The zero-order valence-electron chi connectivity index (χ0n) is 11.0. The summed E-state index contributed by atoms with van der Waals surface area (Å²) in [7, 11) is 1.71. The van der Waals surface area contributed by atoms with Crippen LogP contribution in [-0.4, -0.2) is 50.6 Å². The Morgan fingerprint density at radius 3 is 2.59 bits per heavy atom. The molecule has 0 spiro atoms. The van der Waals surface area contributed by atoms with Gasteiger partial charge in [0.1, 0.15) is 0 Å². The van der Waals surface area contributed by atoms with Gasteiger partial charge in [-0.2, -0.15) is 0 Å². The number of rotatable bonds is 6. The lowest BCUT2D eigenvalue weighted by Crippen LogP contribution is -2.41. The summed E-state index contributed by atoms with van der Waals surface area (Å²) < 4.78 is 0. The van der Waals surface area contributed by atoms with Crippen molar-refractivity contribution in [1.82, 2.24) is 15.5 Å². The number of hydrogen-bond acceptors (Lipinski definition) is 3. The lowest BCUT2D eigenvalue weighted by atomic mass is 9.97. The first-order chi connectivity index (χ1) is 7.76. The molecule has 0 aliphatic carbocycles. The van der Waals surface area contributed by atoms with E-state index in [1.807, 2.05) is 0 Å². The van der Waals surface area contributed by atoms with Gasteiger partial charge in [-0.05, 0) is 44.8 Å². The van der Waals surface area contributed by atoms with Gasteiger partial charge in [-0.15, -0.1) is 12.4 Å². The zero-order valence-corrected chi connectivity index (χ0v) is 11.8. The molecule has 1 heterocycles. The highest BCUT2D eigenvalue weighted by Gasteiger charge is 2.17. The van der Waals surface area contributed by atoms with Crippen molar-refractivity contribution in [2.45, 2.75) is 26.2 Å². The van der Waals surface area contributed by atoms with Crippen LogP contribution in [0.5, 0.6) is 0 Å². The predicted molar refractivity (Wildman–Crippen MR) is 73.6 cm³/mol. The molecule has 0 radical (unpaired) electrons. The molecule has 1 aliphatic heterocycles. The van der Waals surface area contributed by atoms with E-state index in [9.17, 15) is 4.79 Å². The van der Waals surface area contributed by atoms with E-state index in [-0.39, 0.29) is 18.3 Å². The molecule has 4 nitrogen and oxygen atoms in total. The molecule has 0 aromatic rings. The van der Waals surface area contributed by atoms with Crippen molar-refractivity contribution in [3.8, 4) is 0 Å². The van der Waals surface area contributed by atoms with E-state index in [0.717, 1.165) is 38.5 Å². The van der Waals surface area contributed by atoms with Gasteiger partial charge in [-0.3, -0.25) is 9.69 Å². The summed E-state index contributed by atoms with van der Waals surface area (Å²) >= 11 is 0. The molecule has 1 fully saturated rings. The Bertz CT molecular complexity index is 208. The fourth-order valence-corrected chi connectivity index (χ4v) is 2.26. The summed E-state index contributed by atoms with van der Waals surface area (Å²) in [5, 5.41) is 6.07. The van der Waals surface area contributed by atoms with Crippen molar-refractivity contribution >= 4 is 18.3 Å². The maximum Gasteiger partial charge on any atom is 0.233 e. The van der Waals surface area contributed by atoms with Crippen LogP contribution in [0.4, 0.5) is 0 Å². The van der Waals surface area contributed by atoms with Gasteiger partial charge >= 0.3 is 0 Å². The van der Waals surface area contributed by atoms with Gasteiger partial charge in [-0.1, -0.05) is 6.92 Å². The fourth-order valence-electron chi connectivity index (χ4n) is 2.26. The Morgan fingerprint density at radius 1 is 1.41 bits per heavy atom. The van der Waals surface area contributed by atoms with Crippen LogP contribution in [0, 0.1) is 5.92 Å². The van der Waals surface area contributed by atoms with Crippen LogP contribution >= 0.6 is 12.4 Å². The monoisotopic (exact) mass is 263 g/mol. The van der Waals surface area contributed by atoms with Gasteiger partial charge in [0, 0.05) is 13.6 Å². The topological polar surface area (TPSA) is 44.4 Å².